The summed E-state index contributed by atoms with van der Waals surface area (Å²) in [6.07, 6.45) is 0. The van der Waals surface area contributed by atoms with Crippen molar-refractivity contribution in [1.82, 2.24) is 0 Å². The van der Waals surface area contributed by atoms with Crippen molar-refractivity contribution < 1.29 is 8.78 Å². The van der Waals surface area contributed by atoms with Gasteiger partial charge >= 0.3 is 0 Å². The Hall–Kier alpha value is -2.10. The molecule has 0 aliphatic heterocycles. The van der Waals surface area contributed by atoms with Crippen LogP contribution in [0.25, 0.3) is 0 Å². The van der Waals surface area contributed by atoms with Crippen molar-refractivity contribution in [1.29, 1.82) is 0 Å². The molecular formula is C14H14F2N2. The zero-order chi connectivity index (χ0) is 13.1. The summed E-state index contributed by atoms with van der Waals surface area (Å²) in [6, 6.07) is 11.4. The maximum atomic E-state index is 13.1. The second-order valence-corrected chi connectivity index (χ2v) is 4.17. The van der Waals surface area contributed by atoms with Crippen molar-refractivity contribution in [3.05, 3.63) is 54.1 Å². The fraction of sp³-hybridized carbons (Fsp3) is 0.143. The minimum absolute atomic E-state index is 0.517. The van der Waals surface area contributed by atoms with Gasteiger partial charge in [0.15, 0.2) is 11.6 Å². The van der Waals surface area contributed by atoms with Crippen LogP contribution in [-0.2, 0) is 0 Å². The summed E-state index contributed by atoms with van der Waals surface area (Å²) in [4.78, 5) is 1.95. The molecule has 0 aliphatic rings. The molecule has 0 fully saturated rings. The molecule has 0 atom stereocenters. The van der Waals surface area contributed by atoms with Crippen molar-refractivity contribution >= 4 is 17.1 Å². The predicted octanol–water partition coefficient (Wildman–Crippen LogP) is 3.77. The van der Waals surface area contributed by atoms with Crippen LogP contribution < -0.4 is 10.2 Å². The van der Waals surface area contributed by atoms with Gasteiger partial charge in [-0.15, -0.1) is 0 Å². The molecule has 0 aromatic heterocycles. The third-order valence-corrected chi connectivity index (χ3v) is 2.58. The zero-order valence-electron chi connectivity index (χ0n) is 10.2. The normalized spacial score (nSPS) is 10.2. The summed E-state index contributed by atoms with van der Waals surface area (Å²) in [5.41, 5.74) is 2.33. The summed E-state index contributed by atoms with van der Waals surface area (Å²) in [5.74, 6) is -1.70. The Kier molecular flexibility index (Phi) is 3.46. The monoisotopic (exact) mass is 248 g/mol. The number of nitrogens with zero attached hydrogens (tertiary/aromatic N) is 1. The number of nitrogens with one attached hydrogen (secondary N) is 1. The molecule has 0 saturated heterocycles. The molecule has 4 heteroatoms. The van der Waals surface area contributed by atoms with Crippen LogP contribution in [-0.4, -0.2) is 14.1 Å². The second-order valence-electron chi connectivity index (χ2n) is 4.17. The molecule has 2 nitrogen and oxygen atoms in total. The average molecular weight is 248 g/mol. The van der Waals surface area contributed by atoms with Crippen molar-refractivity contribution in [3.8, 4) is 0 Å². The molecule has 0 heterocycles. The number of hydrogen-bond acceptors (Lipinski definition) is 2. The molecule has 2 aromatic carbocycles. The Morgan fingerprint density at radius 2 is 1.67 bits per heavy atom. The fourth-order valence-electron chi connectivity index (χ4n) is 1.70. The van der Waals surface area contributed by atoms with Gasteiger partial charge in [-0.05, 0) is 24.3 Å². The lowest BCUT2D eigenvalue weighted by molar-refractivity contribution is 0.509. The molecule has 0 radical (unpaired) electrons. The van der Waals surface area contributed by atoms with E-state index in [0.717, 1.165) is 23.5 Å². The average Bonchev–Trinajstić information content (AvgIpc) is 2.34. The predicted molar refractivity (Wildman–Crippen MR) is 70.4 cm³/mol. The molecule has 0 bridgehead atoms. The quantitative estimate of drug-likeness (QED) is 0.889. The van der Waals surface area contributed by atoms with Crippen molar-refractivity contribution in [2.75, 3.05) is 24.3 Å². The summed E-state index contributed by atoms with van der Waals surface area (Å²) in [6.45, 7) is 0. The van der Waals surface area contributed by atoms with E-state index in [1.807, 2.05) is 43.3 Å². The summed E-state index contributed by atoms with van der Waals surface area (Å²) in [7, 11) is 3.84. The standard InChI is InChI=1S/C14H14F2N2/c1-18(2)14-6-4-3-5-13(14)17-10-7-8-11(15)12(16)9-10/h3-9,17H,1-2H3. The highest BCUT2D eigenvalue weighted by molar-refractivity contribution is 5.74. The maximum Gasteiger partial charge on any atom is 0.160 e. The van der Waals surface area contributed by atoms with Gasteiger partial charge in [-0.25, -0.2) is 8.78 Å². The van der Waals surface area contributed by atoms with E-state index in [1.165, 1.54) is 6.07 Å². The van der Waals surface area contributed by atoms with Crippen LogP contribution in [0.1, 0.15) is 0 Å². The Morgan fingerprint density at radius 1 is 0.944 bits per heavy atom. The van der Waals surface area contributed by atoms with Gasteiger partial charge in [0.2, 0.25) is 0 Å². The van der Waals surface area contributed by atoms with E-state index >= 15 is 0 Å². The summed E-state index contributed by atoms with van der Waals surface area (Å²) >= 11 is 0. The van der Waals surface area contributed by atoms with Crippen LogP contribution in [0.15, 0.2) is 42.5 Å². The largest absolute Gasteiger partial charge is 0.376 e. The first-order valence-corrected chi connectivity index (χ1v) is 5.56. The van der Waals surface area contributed by atoms with Crippen molar-refractivity contribution in [2.45, 2.75) is 0 Å². The Morgan fingerprint density at radius 3 is 2.33 bits per heavy atom. The van der Waals surface area contributed by atoms with E-state index < -0.39 is 11.6 Å². The van der Waals surface area contributed by atoms with Crippen molar-refractivity contribution in [3.63, 3.8) is 0 Å². The number of rotatable bonds is 3. The first-order valence-electron chi connectivity index (χ1n) is 5.56. The summed E-state index contributed by atoms with van der Waals surface area (Å²) < 4.78 is 25.9. The topological polar surface area (TPSA) is 15.3 Å². The minimum atomic E-state index is -0.859. The van der Waals surface area contributed by atoms with Gasteiger partial charge in [0, 0.05) is 25.8 Å². The van der Waals surface area contributed by atoms with Gasteiger partial charge in [0.1, 0.15) is 0 Å². The minimum Gasteiger partial charge on any atom is -0.376 e. The first kappa shape index (κ1) is 12.4. The SMILES string of the molecule is CN(C)c1ccccc1Nc1ccc(F)c(F)c1. The lowest BCUT2D eigenvalue weighted by atomic mass is 10.2. The van der Waals surface area contributed by atoms with E-state index in [9.17, 15) is 8.78 Å². The highest BCUT2D eigenvalue weighted by Crippen LogP contribution is 2.27. The number of benzene rings is 2. The van der Waals surface area contributed by atoms with E-state index in [1.54, 1.807) is 0 Å². The Bertz CT molecular complexity index is 553. The highest BCUT2D eigenvalue weighted by Gasteiger charge is 2.06. The summed E-state index contributed by atoms with van der Waals surface area (Å²) in [5, 5.41) is 3.07. The molecule has 0 aliphatic carbocycles. The van der Waals surface area contributed by atoms with Crippen molar-refractivity contribution in [2.24, 2.45) is 0 Å². The molecule has 0 saturated carbocycles. The lowest BCUT2D eigenvalue weighted by Gasteiger charge is -2.18. The molecular weight excluding hydrogens is 234 g/mol. The third kappa shape index (κ3) is 2.59. The van der Waals surface area contributed by atoms with Crippen LogP contribution in [0.4, 0.5) is 25.8 Å². The van der Waals surface area contributed by atoms with Crippen LogP contribution in [0.2, 0.25) is 0 Å². The van der Waals surface area contributed by atoms with Crippen LogP contribution in [0, 0.1) is 11.6 Å². The van der Waals surface area contributed by atoms with Gasteiger partial charge in [-0.3, -0.25) is 0 Å². The molecule has 0 unspecified atom stereocenters. The number of para-hydroxylation sites is 2. The van der Waals surface area contributed by atoms with Gasteiger partial charge in [-0.2, -0.15) is 0 Å². The highest BCUT2D eigenvalue weighted by atomic mass is 19.2. The zero-order valence-corrected chi connectivity index (χ0v) is 10.2. The molecule has 2 rings (SSSR count). The molecule has 94 valence electrons. The van der Waals surface area contributed by atoms with Crippen LogP contribution >= 0.6 is 0 Å². The fourth-order valence-corrected chi connectivity index (χ4v) is 1.70. The van der Waals surface area contributed by atoms with Gasteiger partial charge < -0.3 is 10.2 Å². The van der Waals surface area contributed by atoms with Gasteiger partial charge in [0.25, 0.3) is 0 Å². The van der Waals surface area contributed by atoms with Gasteiger partial charge in [-0.1, -0.05) is 12.1 Å². The molecule has 0 spiro atoms. The van der Waals surface area contributed by atoms with Crippen LogP contribution in [0.5, 0.6) is 0 Å². The molecule has 0 amide bonds. The van der Waals surface area contributed by atoms with Crippen LogP contribution in [0.3, 0.4) is 0 Å². The Labute approximate surface area is 105 Å². The molecule has 1 N–H and O–H groups in total. The van der Waals surface area contributed by atoms with E-state index in [2.05, 4.69) is 5.32 Å². The second kappa shape index (κ2) is 5.04. The number of hydrogen-bond donors (Lipinski definition) is 1. The molecule has 18 heavy (non-hydrogen) atoms. The third-order valence-electron chi connectivity index (χ3n) is 2.58. The lowest BCUT2D eigenvalue weighted by Crippen LogP contribution is -2.10. The maximum absolute atomic E-state index is 13.1. The number of anilines is 3. The Balaban J connectivity index is 2.31. The van der Waals surface area contributed by atoms with E-state index in [-0.39, 0.29) is 0 Å². The van der Waals surface area contributed by atoms with E-state index in [0.29, 0.717) is 5.69 Å². The van der Waals surface area contributed by atoms with Gasteiger partial charge in [0.05, 0.1) is 11.4 Å². The number of halogens is 2. The first-order chi connectivity index (χ1) is 8.58. The molecule has 2 aromatic rings. The smallest absolute Gasteiger partial charge is 0.160 e. The van der Waals surface area contributed by atoms with E-state index in [4.69, 9.17) is 0 Å².